The molecule has 0 rings (SSSR count). The summed E-state index contributed by atoms with van der Waals surface area (Å²) in [6, 6.07) is -0.822. The van der Waals surface area contributed by atoms with Gasteiger partial charge in [0.05, 0.1) is 18.8 Å². The molecular formula is C57H113NO4. The SMILES string of the molecule is CCCCCCCCCCCCCCCC/C=C/CCCC(O)C(O)C(CO)NC(=O)CCCCCCCCCCCCCCCCCCCCCCCCCCCCCCC. The molecule has 0 heterocycles. The summed E-state index contributed by atoms with van der Waals surface area (Å²) in [6.07, 6.45) is 65.2. The molecule has 5 nitrogen and oxygen atoms in total. The lowest BCUT2D eigenvalue weighted by molar-refractivity contribution is -0.124. The molecule has 0 radical (unpaired) electrons. The highest BCUT2D eigenvalue weighted by atomic mass is 16.3. The number of aliphatic hydroxyl groups excluding tert-OH is 3. The lowest BCUT2D eigenvalue weighted by atomic mass is 10.0. The fourth-order valence-corrected chi connectivity index (χ4v) is 9.23. The van der Waals surface area contributed by atoms with Crippen molar-refractivity contribution in [2.75, 3.05) is 6.61 Å². The van der Waals surface area contributed by atoms with Gasteiger partial charge in [-0.1, -0.05) is 289 Å². The van der Waals surface area contributed by atoms with Gasteiger partial charge < -0.3 is 20.6 Å². The van der Waals surface area contributed by atoms with Gasteiger partial charge in [-0.25, -0.2) is 0 Å². The number of hydrogen-bond acceptors (Lipinski definition) is 4. The number of carbonyl (C=O) groups excluding carboxylic acids is 1. The minimum absolute atomic E-state index is 0.147. The van der Waals surface area contributed by atoms with E-state index in [1.807, 2.05) is 0 Å². The van der Waals surface area contributed by atoms with Gasteiger partial charge in [-0.3, -0.25) is 4.79 Å². The van der Waals surface area contributed by atoms with Crippen LogP contribution in [0.5, 0.6) is 0 Å². The molecule has 62 heavy (non-hydrogen) atoms. The topological polar surface area (TPSA) is 89.8 Å². The van der Waals surface area contributed by atoms with Gasteiger partial charge in [0.1, 0.15) is 6.10 Å². The Hall–Kier alpha value is -0.910. The Morgan fingerprint density at radius 1 is 0.387 bits per heavy atom. The summed E-state index contributed by atoms with van der Waals surface area (Å²) in [5.41, 5.74) is 0. The minimum atomic E-state index is -1.16. The molecule has 0 saturated heterocycles. The molecule has 0 fully saturated rings. The Labute approximate surface area is 389 Å². The molecule has 0 aromatic carbocycles. The van der Waals surface area contributed by atoms with Crippen LogP contribution in [0.4, 0.5) is 0 Å². The molecule has 4 N–H and O–H groups in total. The van der Waals surface area contributed by atoms with E-state index in [1.165, 1.54) is 257 Å². The summed E-state index contributed by atoms with van der Waals surface area (Å²) in [7, 11) is 0. The van der Waals surface area contributed by atoms with Gasteiger partial charge in [-0.15, -0.1) is 0 Å². The first-order valence-corrected chi connectivity index (χ1v) is 28.5. The molecule has 0 spiro atoms. The molecule has 0 bridgehead atoms. The van der Waals surface area contributed by atoms with Crippen molar-refractivity contribution >= 4 is 5.91 Å². The molecule has 3 atom stereocenters. The Morgan fingerprint density at radius 3 is 0.935 bits per heavy atom. The third-order valence-electron chi connectivity index (χ3n) is 13.6. The predicted octanol–water partition coefficient (Wildman–Crippen LogP) is 17.5. The van der Waals surface area contributed by atoms with Crippen LogP contribution in [-0.4, -0.2) is 46.1 Å². The molecule has 3 unspecified atom stereocenters. The van der Waals surface area contributed by atoms with Crippen LogP contribution in [0.2, 0.25) is 0 Å². The van der Waals surface area contributed by atoms with Gasteiger partial charge in [0.15, 0.2) is 0 Å². The number of carbonyl (C=O) groups is 1. The van der Waals surface area contributed by atoms with E-state index in [1.54, 1.807) is 0 Å². The van der Waals surface area contributed by atoms with E-state index in [0.717, 1.165) is 38.5 Å². The fraction of sp³-hybridized carbons (Fsp3) is 0.947. The number of unbranched alkanes of at least 4 members (excludes halogenated alkanes) is 43. The second kappa shape index (κ2) is 52.7. The third-order valence-corrected chi connectivity index (χ3v) is 13.6. The number of hydrogen-bond donors (Lipinski definition) is 4. The van der Waals surface area contributed by atoms with Gasteiger partial charge in [0, 0.05) is 6.42 Å². The maximum atomic E-state index is 12.5. The van der Waals surface area contributed by atoms with E-state index in [9.17, 15) is 20.1 Å². The van der Waals surface area contributed by atoms with Crippen LogP contribution in [0.3, 0.4) is 0 Å². The van der Waals surface area contributed by atoms with Crippen LogP contribution < -0.4 is 5.32 Å². The van der Waals surface area contributed by atoms with E-state index in [2.05, 4.69) is 31.3 Å². The molecular weight excluding hydrogens is 763 g/mol. The van der Waals surface area contributed by atoms with Crippen LogP contribution in [0, 0.1) is 0 Å². The number of nitrogens with one attached hydrogen (secondary N) is 1. The van der Waals surface area contributed by atoms with Gasteiger partial charge in [-0.05, 0) is 38.5 Å². The van der Waals surface area contributed by atoms with Crippen molar-refractivity contribution in [3.05, 3.63) is 12.2 Å². The number of allylic oxidation sites excluding steroid dienone is 2. The van der Waals surface area contributed by atoms with Crippen molar-refractivity contribution in [2.45, 2.75) is 340 Å². The molecule has 0 saturated carbocycles. The third kappa shape index (κ3) is 47.1. The summed E-state index contributed by atoms with van der Waals surface area (Å²) in [5.74, 6) is -0.147. The lowest BCUT2D eigenvalue weighted by Crippen LogP contribution is -2.50. The highest BCUT2D eigenvalue weighted by Crippen LogP contribution is 2.18. The predicted molar refractivity (Wildman–Crippen MR) is 273 cm³/mol. The van der Waals surface area contributed by atoms with E-state index < -0.39 is 18.2 Å². The highest BCUT2D eigenvalue weighted by molar-refractivity contribution is 5.76. The zero-order valence-electron chi connectivity index (χ0n) is 42.3. The average molecular weight is 877 g/mol. The summed E-state index contributed by atoms with van der Waals surface area (Å²) in [4.78, 5) is 12.5. The largest absolute Gasteiger partial charge is 0.394 e. The minimum Gasteiger partial charge on any atom is -0.394 e. The van der Waals surface area contributed by atoms with Crippen molar-refractivity contribution < 1.29 is 20.1 Å². The molecule has 0 aliphatic heterocycles. The second-order valence-corrected chi connectivity index (χ2v) is 19.9. The van der Waals surface area contributed by atoms with Crippen molar-refractivity contribution in [1.82, 2.24) is 5.32 Å². The zero-order valence-corrected chi connectivity index (χ0v) is 42.3. The number of aliphatic hydroxyl groups is 3. The van der Waals surface area contributed by atoms with Crippen LogP contribution in [0.25, 0.3) is 0 Å². The highest BCUT2D eigenvalue weighted by Gasteiger charge is 2.26. The van der Waals surface area contributed by atoms with Gasteiger partial charge in [0.25, 0.3) is 0 Å². The van der Waals surface area contributed by atoms with Crippen molar-refractivity contribution in [3.8, 4) is 0 Å². The van der Waals surface area contributed by atoms with Crippen LogP contribution in [-0.2, 0) is 4.79 Å². The van der Waals surface area contributed by atoms with Gasteiger partial charge >= 0.3 is 0 Å². The first-order valence-electron chi connectivity index (χ1n) is 28.5. The Morgan fingerprint density at radius 2 is 0.645 bits per heavy atom. The second-order valence-electron chi connectivity index (χ2n) is 19.9. The zero-order chi connectivity index (χ0) is 45.1. The monoisotopic (exact) mass is 876 g/mol. The van der Waals surface area contributed by atoms with Crippen molar-refractivity contribution in [2.24, 2.45) is 0 Å². The van der Waals surface area contributed by atoms with E-state index >= 15 is 0 Å². The first kappa shape index (κ1) is 61.1. The first-order chi connectivity index (χ1) is 30.6. The average Bonchev–Trinajstić information content (AvgIpc) is 3.28. The maximum absolute atomic E-state index is 12.5. The molecule has 0 aliphatic carbocycles. The van der Waals surface area contributed by atoms with Crippen LogP contribution in [0.1, 0.15) is 322 Å². The fourth-order valence-electron chi connectivity index (χ4n) is 9.23. The molecule has 0 aromatic rings. The molecule has 0 aromatic heterocycles. The summed E-state index contributed by atoms with van der Waals surface area (Å²) >= 11 is 0. The van der Waals surface area contributed by atoms with Crippen molar-refractivity contribution in [3.63, 3.8) is 0 Å². The summed E-state index contributed by atoms with van der Waals surface area (Å²) in [6.45, 7) is 4.21. The maximum Gasteiger partial charge on any atom is 0.220 e. The van der Waals surface area contributed by atoms with E-state index in [-0.39, 0.29) is 12.5 Å². The number of rotatable bonds is 53. The molecule has 370 valence electrons. The van der Waals surface area contributed by atoms with Crippen molar-refractivity contribution in [1.29, 1.82) is 0 Å². The number of amides is 1. The Kier molecular flexibility index (Phi) is 51.9. The summed E-state index contributed by atoms with van der Waals surface area (Å²) in [5, 5.41) is 33.7. The molecule has 0 aliphatic rings. The van der Waals surface area contributed by atoms with E-state index in [0.29, 0.717) is 12.8 Å². The lowest BCUT2D eigenvalue weighted by Gasteiger charge is -2.26. The Balaban J connectivity index is 3.50. The van der Waals surface area contributed by atoms with Crippen LogP contribution >= 0.6 is 0 Å². The normalized spacial score (nSPS) is 13.3. The Bertz CT molecular complexity index is 879. The van der Waals surface area contributed by atoms with Gasteiger partial charge in [-0.2, -0.15) is 0 Å². The quantitative estimate of drug-likeness (QED) is 0.0362. The van der Waals surface area contributed by atoms with Gasteiger partial charge in [0.2, 0.25) is 5.91 Å². The van der Waals surface area contributed by atoms with Crippen LogP contribution in [0.15, 0.2) is 12.2 Å². The molecule has 1 amide bonds. The molecule has 5 heteroatoms. The summed E-state index contributed by atoms with van der Waals surface area (Å²) < 4.78 is 0. The standard InChI is InChI=1S/C57H113NO4/c1-3-5-7-9-11-13-15-17-19-21-23-24-25-26-27-28-29-30-31-32-34-36-38-40-42-44-46-48-50-52-56(61)58-54(53-59)57(62)55(60)51-49-47-45-43-41-39-37-35-33-22-20-18-16-14-12-10-8-6-4-2/h43,45,54-55,57,59-60,62H,3-42,44,46-53H2,1-2H3,(H,58,61)/b45-43+. The van der Waals surface area contributed by atoms with E-state index in [4.69, 9.17) is 0 Å². The smallest absolute Gasteiger partial charge is 0.220 e.